The fourth-order valence-corrected chi connectivity index (χ4v) is 5.75. The van der Waals surface area contributed by atoms with Gasteiger partial charge in [0.2, 0.25) is 11.1 Å². The molecule has 170 valence electrons. The van der Waals surface area contributed by atoms with E-state index in [1.54, 1.807) is 16.8 Å². The number of benzene rings is 2. The summed E-state index contributed by atoms with van der Waals surface area (Å²) in [5.41, 5.74) is 3.33. The molecule has 10 heteroatoms. The molecule has 1 atom stereocenters. The van der Waals surface area contributed by atoms with Crippen molar-refractivity contribution in [3.8, 4) is 11.5 Å². The van der Waals surface area contributed by atoms with E-state index in [1.807, 2.05) is 24.3 Å². The zero-order valence-electron chi connectivity index (χ0n) is 17.6. The van der Waals surface area contributed by atoms with Crippen LogP contribution in [0, 0.1) is 0 Å². The van der Waals surface area contributed by atoms with E-state index in [4.69, 9.17) is 26.4 Å². The van der Waals surface area contributed by atoms with Gasteiger partial charge in [-0.3, -0.25) is 4.79 Å². The van der Waals surface area contributed by atoms with Crippen LogP contribution in [-0.2, 0) is 10.5 Å². The number of phenolic OH excluding ortho intramolecular Hbond substituents is 1. The highest BCUT2D eigenvalue weighted by molar-refractivity contribution is 9.10. The number of carbonyl (C=O) groups is 1. The summed E-state index contributed by atoms with van der Waals surface area (Å²) in [6.07, 6.45) is 2.05. The molecule has 0 saturated heterocycles. The van der Waals surface area contributed by atoms with E-state index in [0.29, 0.717) is 44.1 Å². The lowest BCUT2D eigenvalue weighted by Crippen LogP contribution is -2.31. The van der Waals surface area contributed by atoms with Crippen molar-refractivity contribution in [3.05, 3.63) is 68.3 Å². The number of hydrogen-bond donors (Lipinski definition) is 2. The summed E-state index contributed by atoms with van der Waals surface area (Å²) in [6, 6.07) is 10.7. The molecule has 0 spiro atoms. The van der Waals surface area contributed by atoms with Crippen LogP contribution in [-0.4, -0.2) is 32.8 Å². The van der Waals surface area contributed by atoms with E-state index in [9.17, 15) is 9.90 Å². The maximum absolute atomic E-state index is 13.0. The minimum absolute atomic E-state index is 0.00848. The summed E-state index contributed by atoms with van der Waals surface area (Å²) in [6.45, 7) is 0. The number of phenols is 1. The minimum Gasteiger partial charge on any atom is -0.503 e. The maximum atomic E-state index is 13.0. The van der Waals surface area contributed by atoms with Crippen LogP contribution in [0.1, 0.15) is 36.4 Å². The summed E-state index contributed by atoms with van der Waals surface area (Å²) in [5.74, 6) is 1.62. The van der Waals surface area contributed by atoms with Gasteiger partial charge in [0.15, 0.2) is 17.3 Å². The van der Waals surface area contributed by atoms with E-state index >= 15 is 0 Å². The van der Waals surface area contributed by atoms with E-state index in [2.05, 4.69) is 21.2 Å². The van der Waals surface area contributed by atoms with E-state index < -0.39 is 6.04 Å². The number of nitrogens with zero attached hydrogens (tertiary/aromatic N) is 3. The first kappa shape index (κ1) is 22.3. The predicted octanol–water partition coefficient (Wildman–Crippen LogP) is 5.72. The molecule has 0 bridgehead atoms. The van der Waals surface area contributed by atoms with Crippen molar-refractivity contribution in [2.75, 3.05) is 12.4 Å². The minimum atomic E-state index is -0.475. The molecule has 2 aromatic carbocycles. The fraction of sp³-hybridized carbons (Fsp3) is 0.261. The standard InChI is InChI=1S/C23H20BrClN4O3S/c1-32-18-10-13(9-14(24)21(18)31)20-19-16(7-4-8-17(19)30)26-22-27-23(28-29(20)22)33-11-12-5-2-3-6-15(12)25/h2-3,5-6,9-10,20,31H,4,7-8,11H2,1H3,(H,26,27,28). The number of thioether (sulfide) groups is 1. The van der Waals surface area contributed by atoms with Gasteiger partial charge in [-0.05, 0) is 58.1 Å². The quantitative estimate of drug-likeness (QED) is 0.395. The summed E-state index contributed by atoms with van der Waals surface area (Å²) in [7, 11) is 1.49. The molecule has 2 heterocycles. The number of aromatic hydroxyl groups is 1. The highest BCUT2D eigenvalue weighted by Crippen LogP contribution is 2.44. The van der Waals surface area contributed by atoms with Crippen LogP contribution in [0.3, 0.4) is 0 Å². The van der Waals surface area contributed by atoms with Crippen molar-refractivity contribution in [3.63, 3.8) is 0 Å². The monoisotopic (exact) mass is 546 g/mol. The van der Waals surface area contributed by atoms with Crippen molar-refractivity contribution < 1.29 is 14.6 Å². The van der Waals surface area contributed by atoms with Gasteiger partial charge in [0.25, 0.3) is 0 Å². The Balaban J connectivity index is 1.56. The first-order chi connectivity index (χ1) is 16.0. The van der Waals surface area contributed by atoms with Crippen molar-refractivity contribution in [2.45, 2.75) is 36.2 Å². The van der Waals surface area contributed by atoms with E-state index in [0.717, 1.165) is 29.7 Å². The van der Waals surface area contributed by atoms with Gasteiger partial charge in [-0.25, -0.2) is 4.68 Å². The van der Waals surface area contributed by atoms with Gasteiger partial charge < -0.3 is 15.2 Å². The molecule has 1 aromatic heterocycles. The average molecular weight is 548 g/mol. The number of anilines is 1. The number of rotatable bonds is 5. The number of allylic oxidation sites excluding steroid dienone is 2. The highest BCUT2D eigenvalue weighted by atomic mass is 79.9. The number of aromatic nitrogens is 3. The highest BCUT2D eigenvalue weighted by Gasteiger charge is 2.37. The number of nitrogens with one attached hydrogen (secondary N) is 1. The van der Waals surface area contributed by atoms with Gasteiger partial charge >= 0.3 is 0 Å². The third kappa shape index (κ3) is 4.13. The number of fused-ring (bicyclic) bond motifs is 1. The zero-order chi connectivity index (χ0) is 23.1. The Morgan fingerprint density at radius 3 is 2.94 bits per heavy atom. The number of hydrogen-bond acceptors (Lipinski definition) is 7. The molecule has 0 saturated carbocycles. The molecule has 3 aromatic rings. The van der Waals surface area contributed by atoms with Crippen LogP contribution in [0.2, 0.25) is 5.02 Å². The molecule has 2 N–H and O–H groups in total. The molecule has 0 fully saturated rings. The third-order valence-corrected chi connectivity index (χ3v) is 7.61. The Bertz CT molecular complexity index is 1290. The molecule has 1 aliphatic heterocycles. The van der Waals surface area contributed by atoms with Crippen LogP contribution >= 0.6 is 39.3 Å². The summed E-state index contributed by atoms with van der Waals surface area (Å²) in [4.78, 5) is 17.7. The molecule has 0 radical (unpaired) electrons. The Morgan fingerprint density at radius 2 is 2.15 bits per heavy atom. The van der Waals surface area contributed by atoms with E-state index in [1.165, 1.54) is 18.9 Å². The first-order valence-electron chi connectivity index (χ1n) is 10.4. The summed E-state index contributed by atoms with van der Waals surface area (Å²) < 4.78 is 7.58. The second-order valence-corrected chi connectivity index (χ2v) is 10.00. The molecule has 1 unspecified atom stereocenters. The topological polar surface area (TPSA) is 89.3 Å². The van der Waals surface area contributed by atoms with Crippen LogP contribution in [0.15, 0.2) is 57.3 Å². The summed E-state index contributed by atoms with van der Waals surface area (Å²) >= 11 is 11.2. The fourth-order valence-electron chi connectivity index (χ4n) is 4.17. The molecule has 33 heavy (non-hydrogen) atoms. The number of ketones is 1. The van der Waals surface area contributed by atoms with Gasteiger partial charge in [0.1, 0.15) is 6.04 Å². The Morgan fingerprint density at radius 1 is 1.33 bits per heavy atom. The SMILES string of the molecule is COc1cc(C2C3=C(CCCC3=O)Nc3nc(SCc4ccccc4Cl)nn32)cc(Br)c1O. The lowest BCUT2D eigenvalue weighted by molar-refractivity contribution is -0.116. The maximum Gasteiger partial charge on any atom is 0.227 e. The molecule has 0 amide bonds. The van der Waals surface area contributed by atoms with Crippen LogP contribution in [0.25, 0.3) is 0 Å². The third-order valence-electron chi connectivity index (χ3n) is 5.75. The largest absolute Gasteiger partial charge is 0.503 e. The van der Waals surface area contributed by atoms with Crippen LogP contribution < -0.4 is 10.1 Å². The van der Waals surface area contributed by atoms with E-state index in [-0.39, 0.29) is 11.5 Å². The van der Waals surface area contributed by atoms with Crippen molar-refractivity contribution in [1.29, 1.82) is 0 Å². The predicted molar refractivity (Wildman–Crippen MR) is 131 cm³/mol. The number of ether oxygens (including phenoxy) is 1. The molecule has 5 rings (SSSR count). The molecule has 1 aliphatic carbocycles. The van der Waals surface area contributed by atoms with Gasteiger partial charge in [-0.15, -0.1) is 5.10 Å². The second kappa shape index (κ2) is 9.04. The molecule has 2 aliphatic rings. The number of methoxy groups -OCH3 is 1. The lowest BCUT2D eigenvalue weighted by Gasteiger charge is -2.32. The van der Waals surface area contributed by atoms with Crippen LogP contribution in [0.4, 0.5) is 5.95 Å². The molecular weight excluding hydrogens is 528 g/mol. The molecule has 7 nitrogen and oxygen atoms in total. The van der Waals surface area contributed by atoms with Crippen LogP contribution in [0.5, 0.6) is 11.5 Å². The van der Waals surface area contributed by atoms with Crippen molar-refractivity contribution in [2.24, 2.45) is 0 Å². The van der Waals surface area contributed by atoms with Crippen molar-refractivity contribution in [1.82, 2.24) is 14.8 Å². The Hall–Kier alpha value is -2.49. The Labute approximate surface area is 208 Å². The zero-order valence-corrected chi connectivity index (χ0v) is 20.8. The van der Waals surface area contributed by atoms with Gasteiger partial charge in [0, 0.05) is 28.5 Å². The van der Waals surface area contributed by atoms with Gasteiger partial charge in [0.05, 0.1) is 11.6 Å². The number of carbonyl (C=O) groups excluding carboxylic acids is 1. The lowest BCUT2D eigenvalue weighted by atomic mass is 9.85. The summed E-state index contributed by atoms with van der Waals surface area (Å²) in [5, 5.41) is 19.7. The number of halogens is 2. The Kier molecular flexibility index (Phi) is 6.11. The average Bonchev–Trinajstić information content (AvgIpc) is 3.21. The normalized spacial score (nSPS) is 17.4. The molecular formula is C23H20BrClN4O3S. The van der Waals surface area contributed by atoms with Crippen molar-refractivity contribution >= 4 is 51.0 Å². The first-order valence-corrected chi connectivity index (χ1v) is 12.5. The van der Waals surface area contributed by atoms with Gasteiger partial charge in [-0.2, -0.15) is 4.98 Å². The smallest absolute Gasteiger partial charge is 0.227 e. The number of Topliss-reactive ketones (excluding diaryl/α,β-unsaturated/α-hetero) is 1. The van der Waals surface area contributed by atoms with Gasteiger partial charge in [-0.1, -0.05) is 41.6 Å². The second-order valence-electron chi connectivity index (χ2n) is 7.79.